The second-order valence-electron chi connectivity index (χ2n) is 6.43. The number of carboxylic acids is 1. The van der Waals surface area contributed by atoms with Gasteiger partial charge in [0, 0.05) is 12.2 Å². The Balaban J connectivity index is 1.71. The van der Waals surface area contributed by atoms with Gasteiger partial charge >= 0.3 is 5.97 Å². The molecule has 6 nitrogen and oxygen atoms in total. The van der Waals surface area contributed by atoms with Crippen molar-refractivity contribution in [2.45, 2.75) is 37.8 Å². The van der Waals surface area contributed by atoms with E-state index < -0.39 is 5.97 Å². The molecular formula is C18H24N2O4. The minimum atomic E-state index is -0.941. The number of anilines is 1. The minimum Gasteiger partial charge on any atom is -0.480 e. The van der Waals surface area contributed by atoms with Gasteiger partial charge in [0.15, 0.2) is 0 Å². The second-order valence-corrected chi connectivity index (χ2v) is 6.43. The molecule has 1 aromatic rings. The van der Waals surface area contributed by atoms with Gasteiger partial charge in [0.2, 0.25) is 5.91 Å². The number of fused-ring (bicyclic) bond motifs is 1. The molecule has 0 radical (unpaired) electrons. The number of rotatable bonds is 5. The average Bonchev–Trinajstić information content (AvgIpc) is 2.61. The third kappa shape index (κ3) is 3.87. The van der Waals surface area contributed by atoms with Gasteiger partial charge in [0.1, 0.15) is 6.54 Å². The van der Waals surface area contributed by atoms with Crippen molar-refractivity contribution in [2.75, 3.05) is 31.1 Å². The van der Waals surface area contributed by atoms with Crippen molar-refractivity contribution >= 4 is 17.6 Å². The standard InChI is InChI=1S/C18H24N2O4/c21-17(20-10-11-24-16-9-5-4-8-15(16)20)12-19(13-18(22)23)14-6-2-1-3-7-14/h1-3,6-7,15-16H,4-5,8-13H2,(H,22,23). The lowest BCUT2D eigenvalue weighted by Gasteiger charge is -2.44. The number of para-hydroxylation sites is 1. The number of hydrogen-bond acceptors (Lipinski definition) is 4. The van der Waals surface area contributed by atoms with Gasteiger partial charge in [0.25, 0.3) is 0 Å². The number of morpholine rings is 1. The van der Waals surface area contributed by atoms with Crippen LogP contribution in [0.4, 0.5) is 5.69 Å². The molecule has 0 spiro atoms. The molecule has 1 aliphatic carbocycles. The molecule has 24 heavy (non-hydrogen) atoms. The van der Waals surface area contributed by atoms with Crippen molar-refractivity contribution in [2.24, 2.45) is 0 Å². The van der Waals surface area contributed by atoms with Gasteiger partial charge in [-0.15, -0.1) is 0 Å². The zero-order valence-electron chi connectivity index (χ0n) is 13.8. The molecule has 2 aliphatic rings. The van der Waals surface area contributed by atoms with Crippen LogP contribution in [0.5, 0.6) is 0 Å². The Morgan fingerprint density at radius 3 is 2.67 bits per heavy atom. The summed E-state index contributed by atoms with van der Waals surface area (Å²) < 4.78 is 5.81. The van der Waals surface area contributed by atoms with E-state index in [1.165, 1.54) is 0 Å². The highest BCUT2D eigenvalue weighted by Gasteiger charge is 2.37. The van der Waals surface area contributed by atoms with Crippen molar-refractivity contribution in [1.29, 1.82) is 0 Å². The lowest BCUT2D eigenvalue weighted by molar-refractivity contribution is -0.148. The Morgan fingerprint density at radius 2 is 1.92 bits per heavy atom. The van der Waals surface area contributed by atoms with E-state index in [1.807, 2.05) is 35.2 Å². The first-order chi connectivity index (χ1) is 11.6. The molecular weight excluding hydrogens is 308 g/mol. The summed E-state index contributed by atoms with van der Waals surface area (Å²) in [7, 11) is 0. The highest BCUT2D eigenvalue weighted by molar-refractivity contribution is 5.84. The summed E-state index contributed by atoms with van der Waals surface area (Å²) in [4.78, 5) is 27.6. The lowest BCUT2D eigenvalue weighted by atomic mass is 9.90. The molecule has 3 rings (SSSR count). The molecule has 0 bridgehead atoms. The van der Waals surface area contributed by atoms with Gasteiger partial charge in [0.05, 0.1) is 25.3 Å². The molecule has 1 N–H and O–H groups in total. The maximum absolute atomic E-state index is 12.9. The van der Waals surface area contributed by atoms with Crippen molar-refractivity contribution in [3.05, 3.63) is 30.3 Å². The van der Waals surface area contributed by atoms with Crippen LogP contribution in [0.25, 0.3) is 0 Å². The van der Waals surface area contributed by atoms with Crippen molar-refractivity contribution < 1.29 is 19.4 Å². The van der Waals surface area contributed by atoms with E-state index in [-0.39, 0.29) is 31.1 Å². The quantitative estimate of drug-likeness (QED) is 0.889. The number of carboxylic acid groups (broad SMARTS) is 1. The largest absolute Gasteiger partial charge is 0.480 e. The normalized spacial score (nSPS) is 23.4. The zero-order valence-corrected chi connectivity index (χ0v) is 13.8. The Kier molecular flexibility index (Phi) is 5.35. The van der Waals surface area contributed by atoms with Crippen molar-refractivity contribution in [3.63, 3.8) is 0 Å². The summed E-state index contributed by atoms with van der Waals surface area (Å²) in [5.41, 5.74) is 0.752. The molecule has 2 unspecified atom stereocenters. The first kappa shape index (κ1) is 16.8. The summed E-state index contributed by atoms with van der Waals surface area (Å²) in [6.45, 7) is 1.06. The summed E-state index contributed by atoms with van der Waals surface area (Å²) in [6.07, 6.45) is 4.39. The number of nitrogens with zero attached hydrogens (tertiary/aromatic N) is 2. The Bertz CT molecular complexity index is 576. The van der Waals surface area contributed by atoms with Crippen LogP contribution in [-0.4, -0.2) is 60.3 Å². The number of ether oxygens (including phenoxy) is 1. The number of aliphatic carboxylic acids is 1. The molecule has 6 heteroatoms. The van der Waals surface area contributed by atoms with Gasteiger partial charge in [-0.25, -0.2) is 0 Å². The van der Waals surface area contributed by atoms with Crippen LogP contribution in [-0.2, 0) is 14.3 Å². The molecule has 130 valence electrons. The lowest BCUT2D eigenvalue weighted by Crippen LogP contribution is -2.57. The summed E-state index contributed by atoms with van der Waals surface area (Å²) >= 11 is 0. The summed E-state index contributed by atoms with van der Waals surface area (Å²) in [5.74, 6) is -0.954. The molecule has 0 aromatic heterocycles. The molecule has 1 saturated carbocycles. The van der Waals surface area contributed by atoms with Crippen LogP contribution < -0.4 is 4.90 Å². The Hall–Kier alpha value is -2.08. The molecule has 1 heterocycles. The van der Waals surface area contributed by atoms with E-state index in [9.17, 15) is 9.59 Å². The van der Waals surface area contributed by atoms with Gasteiger partial charge in [-0.3, -0.25) is 9.59 Å². The maximum atomic E-state index is 12.9. The monoisotopic (exact) mass is 332 g/mol. The number of amides is 1. The Morgan fingerprint density at radius 1 is 1.17 bits per heavy atom. The topological polar surface area (TPSA) is 70.1 Å². The predicted octanol–water partition coefficient (Wildman–Crippen LogP) is 1.75. The fourth-order valence-corrected chi connectivity index (χ4v) is 3.70. The van der Waals surface area contributed by atoms with E-state index in [0.717, 1.165) is 31.4 Å². The summed E-state index contributed by atoms with van der Waals surface area (Å²) in [5, 5.41) is 9.17. The highest BCUT2D eigenvalue weighted by Crippen LogP contribution is 2.28. The molecule has 2 atom stereocenters. The number of hydrogen-bond donors (Lipinski definition) is 1. The first-order valence-electron chi connectivity index (χ1n) is 8.58. The molecule has 1 amide bonds. The van der Waals surface area contributed by atoms with Crippen LogP contribution in [0.1, 0.15) is 25.7 Å². The number of benzene rings is 1. The van der Waals surface area contributed by atoms with Crippen LogP contribution in [0.2, 0.25) is 0 Å². The van der Waals surface area contributed by atoms with Crippen molar-refractivity contribution in [3.8, 4) is 0 Å². The Labute approximate surface area is 142 Å². The smallest absolute Gasteiger partial charge is 0.323 e. The van der Waals surface area contributed by atoms with Crippen molar-refractivity contribution in [1.82, 2.24) is 4.90 Å². The average molecular weight is 332 g/mol. The molecule has 2 fully saturated rings. The number of carbonyl (C=O) groups is 2. The zero-order chi connectivity index (χ0) is 16.9. The maximum Gasteiger partial charge on any atom is 0.323 e. The molecule has 1 saturated heterocycles. The van der Waals surface area contributed by atoms with Gasteiger partial charge < -0.3 is 19.6 Å². The number of carbonyl (C=O) groups excluding carboxylic acids is 1. The summed E-state index contributed by atoms with van der Waals surface area (Å²) in [6, 6.07) is 9.38. The fourth-order valence-electron chi connectivity index (χ4n) is 3.70. The first-order valence-corrected chi connectivity index (χ1v) is 8.58. The van der Waals surface area contributed by atoms with E-state index >= 15 is 0 Å². The third-order valence-corrected chi connectivity index (χ3v) is 4.83. The van der Waals surface area contributed by atoms with Crippen LogP contribution in [0.15, 0.2) is 30.3 Å². The van der Waals surface area contributed by atoms with Gasteiger partial charge in [-0.1, -0.05) is 31.0 Å². The second kappa shape index (κ2) is 7.66. The van der Waals surface area contributed by atoms with E-state index in [4.69, 9.17) is 9.84 Å². The van der Waals surface area contributed by atoms with Gasteiger partial charge in [-0.2, -0.15) is 0 Å². The molecule has 1 aliphatic heterocycles. The van der Waals surface area contributed by atoms with Gasteiger partial charge in [-0.05, 0) is 25.0 Å². The molecule has 1 aromatic carbocycles. The predicted molar refractivity (Wildman–Crippen MR) is 90.0 cm³/mol. The van der Waals surface area contributed by atoms with Crippen LogP contribution in [0, 0.1) is 0 Å². The van der Waals surface area contributed by atoms with Crippen LogP contribution >= 0.6 is 0 Å². The van der Waals surface area contributed by atoms with Crippen LogP contribution in [0.3, 0.4) is 0 Å². The van der Waals surface area contributed by atoms with E-state index in [0.29, 0.717) is 13.2 Å². The minimum absolute atomic E-state index is 0.0136. The highest BCUT2D eigenvalue weighted by atomic mass is 16.5. The third-order valence-electron chi connectivity index (χ3n) is 4.83. The van der Waals surface area contributed by atoms with E-state index in [1.54, 1.807) is 4.90 Å². The SMILES string of the molecule is O=C(O)CN(CC(=O)N1CCOC2CCCCC21)c1ccccc1. The van der Waals surface area contributed by atoms with E-state index in [2.05, 4.69) is 0 Å². The fraction of sp³-hybridized carbons (Fsp3) is 0.556.